The molecule has 2 heterocycles. The Kier molecular flexibility index (Phi) is 6.20. The molecule has 36 heavy (non-hydrogen) atoms. The molecule has 5 rings (SSSR count). The Morgan fingerprint density at radius 1 is 1.00 bits per heavy atom. The van der Waals surface area contributed by atoms with Gasteiger partial charge in [0.05, 0.1) is 29.1 Å². The third kappa shape index (κ3) is 4.55. The molecule has 0 atom stereocenters. The number of thiazole rings is 1. The number of nitro benzene ring substituents is 1. The average molecular weight is 499 g/mol. The van der Waals surface area contributed by atoms with Crippen molar-refractivity contribution >= 4 is 28.4 Å². The maximum atomic E-state index is 13.4. The summed E-state index contributed by atoms with van der Waals surface area (Å²) in [5.74, 6) is 0.703. The molecule has 10 nitrogen and oxygen atoms in total. The van der Waals surface area contributed by atoms with E-state index >= 15 is 0 Å². The predicted molar refractivity (Wildman–Crippen MR) is 137 cm³/mol. The van der Waals surface area contributed by atoms with E-state index in [0.29, 0.717) is 22.3 Å². The van der Waals surface area contributed by atoms with Crippen LogP contribution in [0.4, 0.5) is 17.1 Å². The van der Waals surface area contributed by atoms with Crippen LogP contribution in [0.15, 0.2) is 99.3 Å². The van der Waals surface area contributed by atoms with Crippen molar-refractivity contribution in [3.05, 3.63) is 105 Å². The lowest BCUT2D eigenvalue weighted by Gasteiger charge is -2.01. The number of hydrogen-bond acceptors (Lipinski definition) is 8. The summed E-state index contributed by atoms with van der Waals surface area (Å²) in [5.41, 5.74) is 2.47. The van der Waals surface area contributed by atoms with Crippen LogP contribution in [0.1, 0.15) is 0 Å². The lowest BCUT2D eigenvalue weighted by atomic mass is 10.1. The fourth-order valence-electron chi connectivity index (χ4n) is 3.52. The number of non-ortho nitro benzene ring substituents is 1. The van der Waals surface area contributed by atoms with Crippen LogP contribution < -0.4 is 10.3 Å². The van der Waals surface area contributed by atoms with E-state index in [0.717, 1.165) is 11.1 Å². The van der Waals surface area contributed by atoms with Crippen LogP contribution in [0.3, 0.4) is 0 Å². The maximum Gasteiger partial charge on any atom is 0.301 e. The summed E-state index contributed by atoms with van der Waals surface area (Å²) in [6, 6.07) is 22.5. The highest BCUT2D eigenvalue weighted by Crippen LogP contribution is 2.31. The molecule has 0 amide bonds. The largest absolute Gasteiger partial charge is 0.497 e. The van der Waals surface area contributed by atoms with Gasteiger partial charge in [0.2, 0.25) is 5.13 Å². The van der Waals surface area contributed by atoms with Crippen LogP contribution in [0, 0.1) is 10.1 Å². The molecular formula is C25H18N6O4S. The predicted octanol–water partition coefficient (Wildman–Crippen LogP) is 6.29. The molecule has 0 aliphatic carbocycles. The van der Waals surface area contributed by atoms with E-state index in [1.807, 2.05) is 60.0 Å². The topological polar surface area (TPSA) is 128 Å². The van der Waals surface area contributed by atoms with Gasteiger partial charge in [-0.25, -0.2) is 4.98 Å². The third-order valence-corrected chi connectivity index (χ3v) is 6.11. The first-order valence-electron chi connectivity index (χ1n) is 10.7. The van der Waals surface area contributed by atoms with Crippen molar-refractivity contribution in [2.45, 2.75) is 0 Å². The molecule has 5 aromatic rings. The number of methoxy groups -OCH3 is 1. The van der Waals surface area contributed by atoms with Crippen LogP contribution in [0.25, 0.3) is 27.6 Å². The molecule has 0 aliphatic heterocycles. The Morgan fingerprint density at radius 2 is 1.78 bits per heavy atom. The zero-order valence-corrected chi connectivity index (χ0v) is 19.7. The third-order valence-electron chi connectivity index (χ3n) is 5.28. The van der Waals surface area contributed by atoms with Crippen LogP contribution in [0.5, 0.6) is 5.75 Å². The normalized spacial score (nSPS) is 11.1. The zero-order valence-electron chi connectivity index (χ0n) is 18.9. The van der Waals surface area contributed by atoms with Crippen LogP contribution in [-0.4, -0.2) is 26.8 Å². The van der Waals surface area contributed by atoms with Crippen LogP contribution in [0.2, 0.25) is 0 Å². The van der Waals surface area contributed by atoms with Crippen molar-refractivity contribution in [3.63, 3.8) is 0 Å². The van der Waals surface area contributed by atoms with Gasteiger partial charge in [0.1, 0.15) is 5.75 Å². The summed E-state index contributed by atoms with van der Waals surface area (Å²) in [6.07, 6.45) is 0. The van der Waals surface area contributed by atoms with Gasteiger partial charge in [-0.05, 0) is 18.2 Å². The van der Waals surface area contributed by atoms with Gasteiger partial charge in [-0.2, -0.15) is 9.80 Å². The summed E-state index contributed by atoms with van der Waals surface area (Å²) >= 11 is 1.29. The molecule has 0 bridgehead atoms. The lowest BCUT2D eigenvalue weighted by molar-refractivity contribution is -0.384. The van der Waals surface area contributed by atoms with Gasteiger partial charge in [-0.3, -0.25) is 20.0 Å². The van der Waals surface area contributed by atoms with Gasteiger partial charge >= 0.3 is 5.56 Å². The van der Waals surface area contributed by atoms with Crippen molar-refractivity contribution in [3.8, 4) is 33.4 Å². The highest BCUT2D eigenvalue weighted by Gasteiger charge is 2.19. The molecule has 1 N–H and O–H groups in total. The quantitative estimate of drug-likeness (QED) is 0.160. The fourth-order valence-corrected chi connectivity index (χ4v) is 4.31. The second kappa shape index (κ2) is 9.76. The first-order chi connectivity index (χ1) is 17.5. The number of nitrogens with one attached hydrogen (secondary N) is 1. The van der Waals surface area contributed by atoms with Crippen molar-refractivity contribution in [1.29, 1.82) is 0 Å². The summed E-state index contributed by atoms with van der Waals surface area (Å²) in [5, 5.41) is 24.7. The van der Waals surface area contributed by atoms with Crippen LogP contribution >= 0.6 is 11.3 Å². The van der Waals surface area contributed by atoms with Gasteiger partial charge in [0.25, 0.3) is 5.69 Å². The summed E-state index contributed by atoms with van der Waals surface area (Å²) < 4.78 is 6.61. The highest BCUT2D eigenvalue weighted by molar-refractivity contribution is 7.12. The lowest BCUT2D eigenvalue weighted by Crippen LogP contribution is -2.13. The minimum atomic E-state index is -0.514. The zero-order chi connectivity index (χ0) is 25.1. The van der Waals surface area contributed by atoms with Crippen LogP contribution in [-0.2, 0) is 0 Å². The minimum absolute atomic E-state index is 0.0610. The SMILES string of the molecule is COc1cccc(-c2csc(-n3[nH]c(-c4ccccc4)c(N=Nc4cccc([N+](=O)[O-])c4)c3=O)n2)c1. The first kappa shape index (κ1) is 22.9. The molecule has 3 aromatic carbocycles. The van der Waals surface area contributed by atoms with Gasteiger partial charge in [0.15, 0.2) is 5.69 Å². The second-order valence-corrected chi connectivity index (χ2v) is 8.40. The maximum absolute atomic E-state index is 13.4. The Balaban J connectivity index is 1.58. The second-order valence-electron chi connectivity index (χ2n) is 7.57. The number of ether oxygens (including phenoxy) is 1. The van der Waals surface area contributed by atoms with E-state index in [1.165, 1.54) is 34.2 Å². The standard InChI is InChI=1S/C25H18N6O4S/c1-35-20-12-5-9-17(13-20)21-15-36-25(26-21)30-24(32)23(22(29-30)16-7-3-2-4-8-16)28-27-18-10-6-11-19(14-18)31(33)34/h2-15,29H,1H3. The van der Waals surface area contributed by atoms with E-state index in [1.54, 1.807) is 13.2 Å². The number of rotatable bonds is 7. The number of nitrogens with zero attached hydrogens (tertiary/aromatic N) is 5. The number of aromatic amines is 1. The number of benzene rings is 3. The molecule has 2 aromatic heterocycles. The Hall–Kier alpha value is -4.90. The fraction of sp³-hybridized carbons (Fsp3) is 0.0400. The minimum Gasteiger partial charge on any atom is -0.497 e. The Bertz CT molecular complexity index is 1640. The van der Waals surface area contributed by atoms with Crippen molar-refractivity contribution in [2.24, 2.45) is 10.2 Å². The molecule has 0 saturated heterocycles. The Labute approximate surface area is 208 Å². The smallest absolute Gasteiger partial charge is 0.301 e. The van der Waals surface area contributed by atoms with E-state index in [-0.39, 0.29) is 17.1 Å². The monoisotopic (exact) mass is 498 g/mol. The average Bonchev–Trinajstić information content (AvgIpc) is 3.53. The molecule has 0 saturated carbocycles. The van der Waals surface area contributed by atoms with E-state index < -0.39 is 10.5 Å². The first-order valence-corrected chi connectivity index (χ1v) is 11.6. The molecular weight excluding hydrogens is 480 g/mol. The molecule has 178 valence electrons. The summed E-state index contributed by atoms with van der Waals surface area (Å²) in [7, 11) is 1.60. The summed E-state index contributed by atoms with van der Waals surface area (Å²) in [4.78, 5) is 28.6. The number of aromatic nitrogens is 3. The number of azo groups is 1. The molecule has 0 unspecified atom stereocenters. The Morgan fingerprint density at radius 3 is 2.56 bits per heavy atom. The number of H-pyrrole nitrogens is 1. The van der Waals surface area contributed by atoms with Gasteiger partial charge in [-0.1, -0.05) is 48.5 Å². The van der Waals surface area contributed by atoms with E-state index in [4.69, 9.17) is 4.74 Å². The molecule has 0 radical (unpaired) electrons. The van der Waals surface area contributed by atoms with Gasteiger partial charge in [-0.15, -0.1) is 16.5 Å². The molecule has 0 fully saturated rings. The molecule has 11 heteroatoms. The van der Waals surface area contributed by atoms with E-state index in [9.17, 15) is 14.9 Å². The number of nitro groups is 1. The summed E-state index contributed by atoms with van der Waals surface area (Å²) in [6.45, 7) is 0. The van der Waals surface area contributed by atoms with Crippen molar-refractivity contribution < 1.29 is 9.66 Å². The van der Waals surface area contributed by atoms with Gasteiger partial charge < -0.3 is 4.74 Å². The van der Waals surface area contributed by atoms with Crippen molar-refractivity contribution in [2.75, 3.05) is 7.11 Å². The molecule has 0 spiro atoms. The number of hydrogen-bond donors (Lipinski definition) is 1. The highest BCUT2D eigenvalue weighted by atomic mass is 32.1. The molecule has 0 aliphatic rings. The van der Waals surface area contributed by atoms with Crippen molar-refractivity contribution in [1.82, 2.24) is 14.8 Å². The van der Waals surface area contributed by atoms with E-state index in [2.05, 4.69) is 20.3 Å². The van der Waals surface area contributed by atoms with Gasteiger partial charge in [0, 0.05) is 28.6 Å².